The van der Waals surface area contributed by atoms with Crippen LogP contribution in [0.3, 0.4) is 0 Å². The number of carboxylic acids is 1. The van der Waals surface area contributed by atoms with Gasteiger partial charge in [-0.15, -0.1) is 0 Å². The van der Waals surface area contributed by atoms with Gasteiger partial charge in [-0.2, -0.15) is 0 Å². The van der Waals surface area contributed by atoms with Crippen molar-refractivity contribution in [2.24, 2.45) is 0 Å². The van der Waals surface area contributed by atoms with E-state index >= 15 is 0 Å². The van der Waals surface area contributed by atoms with Crippen molar-refractivity contribution >= 4 is 17.6 Å². The fourth-order valence-electron chi connectivity index (χ4n) is 2.40. The van der Waals surface area contributed by atoms with Crippen LogP contribution in [0.5, 0.6) is 0 Å². The van der Waals surface area contributed by atoms with Crippen molar-refractivity contribution in [2.45, 2.75) is 31.8 Å². The van der Waals surface area contributed by atoms with Gasteiger partial charge in [-0.3, -0.25) is 9.59 Å². The second-order valence-corrected chi connectivity index (χ2v) is 5.12. The van der Waals surface area contributed by atoms with E-state index in [0.717, 1.165) is 6.42 Å². The highest BCUT2D eigenvalue weighted by atomic mass is 16.5. The van der Waals surface area contributed by atoms with E-state index in [-0.39, 0.29) is 18.9 Å². The fourth-order valence-corrected chi connectivity index (χ4v) is 2.40. The lowest BCUT2D eigenvalue weighted by Crippen LogP contribution is -2.47. The summed E-state index contributed by atoms with van der Waals surface area (Å²) in [4.78, 5) is 25.0. The monoisotopic (exact) mass is 277 g/mol. The summed E-state index contributed by atoms with van der Waals surface area (Å²) in [5, 5.41) is 8.85. The van der Waals surface area contributed by atoms with Crippen molar-refractivity contribution in [1.82, 2.24) is 0 Å². The molecule has 1 aliphatic heterocycles. The Bertz CT molecular complexity index is 480. The van der Waals surface area contributed by atoms with Gasteiger partial charge < -0.3 is 14.7 Å². The Kier molecular flexibility index (Phi) is 4.39. The van der Waals surface area contributed by atoms with Crippen LogP contribution in [0.4, 0.5) is 5.69 Å². The van der Waals surface area contributed by atoms with Crippen molar-refractivity contribution in [3.8, 4) is 0 Å². The molecule has 1 fully saturated rings. The van der Waals surface area contributed by atoms with Gasteiger partial charge in [0, 0.05) is 18.8 Å². The summed E-state index contributed by atoms with van der Waals surface area (Å²) in [6.07, 6.45) is 1.43. The van der Waals surface area contributed by atoms with Crippen LogP contribution in [-0.4, -0.2) is 35.7 Å². The molecular weight excluding hydrogens is 258 g/mol. The number of benzene rings is 1. The van der Waals surface area contributed by atoms with Crippen molar-refractivity contribution in [1.29, 1.82) is 0 Å². The van der Waals surface area contributed by atoms with E-state index in [4.69, 9.17) is 9.84 Å². The maximum atomic E-state index is 12.7. The summed E-state index contributed by atoms with van der Waals surface area (Å²) in [5.41, 5.74) is -0.135. The Labute approximate surface area is 118 Å². The van der Waals surface area contributed by atoms with Gasteiger partial charge in [0.1, 0.15) is 5.60 Å². The lowest BCUT2D eigenvalue weighted by Gasteiger charge is -2.31. The van der Waals surface area contributed by atoms with E-state index < -0.39 is 11.6 Å². The summed E-state index contributed by atoms with van der Waals surface area (Å²) in [7, 11) is 0. The zero-order valence-electron chi connectivity index (χ0n) is 11.5. The molecule has 0 aliphatic carbocycles. The van der Waals surface area contributed by atoms with E-state index in [0.29, 0.717) is 18.7 Å². The van der Waals surface area contributed by atoms with Gasteiger partial charge in [-0.25, -0.2) is 0 Å². The van der Waals surface area contributed by atoms with Gasteiger partial charge in [-0.05, 0) is 31.9 Å². The topological polar surface area (TPSA) is 66.8 Å². The normalized spacial score (nSPS) is 21.6. The molecule has 2 rings (SSSR count). The molecule has 1 N–H and O–H groups in total. The SMILES string of the molecule is CC1(C(=O)N(CCC(=O)O)c2ccccc2)CCCO1. The number of carbonyl (C=O) groups is 2. The average molecular weight is 277 g/mol. The number of anilines is 1. The van der Waals surface area contributed by atoms with E-state index in [1.807, 2.05) is 18.2 Å². The number of para-hydroxylation sites is 1. The van der Waals surface area contributed by atoms with Gasteiger partial charge in [-0.1, -0.05) is 18.2 Å². The standard InChI is InChI=1S/C15H19NO4/c1-15(9-5-11-20-15)14(19)16(10-8-13(17)18)12-6-3-2-4-7-12/h2-4,6-7H,5,8-11H2,1H3,(H,17,18). The minimum Gasteiger partial charge on any atom is -0.481 e. The molecule has 1 atom stereocenters. The van der Waals surface area contributed by atoms with E-state index in [1.165, 1.54) is 4.90 Å². The number of hydrogen-bond acceptors (Lipinski definition) is 3. The van der Waals surface area contributed by atoms with Crippen LogP contribution in [0.25, 0.3) is 0 Å². The van der Waals surface area contributed by atoms with E-state index in [1.54, 1.807) is 19.1 Å². The van der Waals surface area contributed by atoms with Gasteiger partial charge in [0.15, 0.2) is 0 Å². The number of nitrogens with zero attached hydrogens (tertiary/aromatic N) is 1. The van der Waals surface area contributed by atoms with Crippen molar-refractivity contribution in [3.05, 3.63) is 30.3 Å². The lowest BCUT2D eigenvalue weighted by atomic mass is 10.0. The third-order valence-electron chi connectivity index (χ3n) is 3.53. The van der Waals surface area contributed by atoms with Gasteiger partial charge in [0.25, 0.3) is 5.91 Å². The highest BCUT2D eigenvalue weighted by molar-refractivity contribution is 5.99. The molecule has 1 unspecified atom stereocenters. The quantitative estimate of drug-likeness (QED) is 0.894. The van der Waals surface area contributed by atoms with Gasteiger partial charge in [0.05, 0.1) is 6.42 Å². The molecule has 5 nitrogen and oxygen atoms in total. The second-order valence-electron chi connectivity index (χ2n) is 5.12. The summed E-state index contributed by atoms with van der Waals surface area (Å²) in [6.45, 7) is 2.50. The predicted molar refractivity (Wildman–Crippen MR) is 74.6 cm³/mol. The first kappa shape index (κ1) is 14.5. The molecule has 0 radical (unpaired) electrons. The Morgan fingerprint density at radius 2 is 2.05 bits per heavy atom. The number of aliphatic carboxylic acids is 1. The molecule has 108 valence electrons. The van der Waals surface area contributed by atoms with Gasteiger partial charge >= 0.3 is 5.97 Å². The Balaban J connectivity index is 2.22. The summed E-state index contributed by atoms with van der Waals surface area (Å²) in [6, 6.07) is 9.12. The molecule has 5 heteroatoms. The molecule has 20 heavy (non-hydrogen) atoms. The van der Waals surface area contributed by atoms with Crippen LogP contribution in [-0.2, 0) is 14.3 Å². The third-order valence-corrected chi connectivity index (χ3v) is 3.53. The minimum atomic E-state index is -0.920. The van der Waals surface area contributed by atoms with Crippen LogP contribution in [0.2, 0.25) is 0 Å². The molecule has 1 aliphatic rings. The predicted octanol–water partition coefficient (Wildman–Crippen LogP) is 2.06. The number of carbonyl (C=O) groups excluding carboxylic acids is 1. The van der Waals surface area contributed by atoms with Crippen molar-refractivity contribution < 1.29 is 19.4 Å². The Morgan fingerprint density at radius 1 is 1.35 bits per heavy atom. The number of carboxylic acid groups (broad SMARTS) is 1. The molecule has 0 saturated carbocycles. The highest BCUT2D eigenvalue weighted by Gasteiger charge is 2.41. The molecule has 1 heterocycles. The largest absolute Gasteiger partial charge is 0.481 e. The molecule has 1 aromatic rings. The highest BCUT2D eigenvalue weighted by Crippen LogP contribution is 2.29. The first-order valence-electron chi connectivity index (χ1n) is 6.76. The minimum absolute atomic E-state index is 0.0866. The number of amides is 1. The molecule has 0 spiro atoms. The number of ether oxygens (including phenoxy) is 1. The number of rotatable bonds is 5. The molecule has 1 amide bonds. The maximum Gasteiger partial charge on any atom is 0.305 e. The lowest BCUT2D eigenvalue weighted by molar-refractivity contribution is -0.138. The van der Waals surface area contributed by atoms with Gasteiger partial charge in [0.2, 0.25) is 0 Å². The third kappa shape index (κ3) is 3.17. The Morgan fingerprint density at radius 3 is 2.60 bits per heavy atom. The molecule has 0 bridgehead atoms. The second kappa shape index (κ2) is 6.05. The summed E-state index contributed by atoms with van der Waals surface area (Å²) in [5.74, 6) is -1.08. The van der Waals surface area contributed by atoms with Crippen molar-refractivity contribution in [2.75, 3.05) is 18.1 Å². The zero-order chi connectivity index (χ0) is 14.6. The smallest absolute Gasteiger partial charge is 0.305 e. The summed E-state index contributed by atoms with van der Waals surface area (Å²) >= 11 is 0. The molecule has 1 aromatic carbocycles. The van der Waals surface area contributed by atoms with Crippen LogP contribution >= 0.6 is 0 Å². The molecule has 1 saturated heterocycles. The summed E-state index contributed by atoms with van der Waals surface area (Å²) < 4.78 is 5.57. The van der Waals surface area contributed by atoms with Crippen LogP contribution in [0.1, 0.15) is 26.2 Å². The maximum absolute atomic E-state index is 12.7. The van der Waals surface area contributed by atoms with E-state index in [9.17, 15) is 9.59 Å². The molecule has 0 aromatic heterocycles. The first-order valence-corrected chi connectivity index (χ1v) is 6.76. The molecular formula is C15H19NO4. The van der Waals surface area contributed by atoms with Crippen LogP contribution in [0.15, 0.2) is 30.3 Å². The zero-order valence-corrected chi connectivity index (χ0v) is 11.5. The van der Waals surface area contributed by atoms with Crippen LogP contribution in [0, 0.1) is 0 Å². The van der Waals surface area contributed by atoms with Crippen LogP contribution < -0.4 is 4.90 Å². The van der Waals surface area contributed by atoms with Crippen molar-refractivity contribution in [3.63, 3.8) is 0 Å². The fraction of sp³-hybridized carbons (Fsp3) is 0.467. The average Bonchev–Trinajstić information content (AvgIpc) is 2.88. The van der Waals surface area contributed by atoms with E-state index in [2.05, 4.69) is 0 Å². The number of hydrogen-bond donors (Lipinski definition) is 1. The first-order chi connectivity index (χ1) is 9.53. The Hall–Kier alpha value is -1.88.